The fourth-order valence-electron chi connectivity index (χ4n) is 8.43. The third-order valence-corrected chi connectivity index (χ3v) is 10.6. The summed E-state index contributed by atoms with van der Waals surface area (Å²) in [5, 5.41) is 0. The highest BCUT2D eigenvalue weighted by atomic mass is 14.4. The molecule has 0 heterocycles. The van der Waals surface area contributed by atoms with Gasteiger partial charge in [-0.3, -0.25) is 0 Å². The largest absolute Gasteiger partial charge is 0.0839 e. The highest BCUT2D eigenvalue weighted by molar-refractivity contribution is 5.87. The maximum atomic E-state index is 2.51. The van der Waals surface area contributed by atoms with Crippen molar-refractivity contribution >= 4 is 5.57 Å². The molecule has 2 aromatic rings. The van der Waals surface area contributed by atoms with Crippen LogP contribution in [0.4, 0.5) is 0 Å². The van der Waals surface area contributed by atoms with Crippen LogP contribution >= 0.6 is 0 Å². The Balaban J connectivity index is 1.33. The van der Waals surface area contributed by atoms with Crippen molar-refractivity contribution in [2.45, 2.75) is 38.0 Å². The minimum Gasteiger partial charge on any atom is -0.0839 e. The van der Waals surface area contributed by atoms with E-state index in [1.165, 1.54) is 44.5 Å². The van der Waals surface area contributed by atoms with Gasteiger partial charge in [-0.15, -0.1) is 0 Å². The SMILES string of the molecule is C1=CCC(C2=C(C3=CC=C(c4c(-c5ccccc5)cccc4C4C=CC=CC4)C4C=CC=CC34)C(C3=CCCC=C3)CC=C2)C=C1. The fraction of sp³-hybridized carbons (Fsp3) is 0.217. The number of allylic oxidation sites excluding steroid dienone is 24. The van der Waals surface area contributed by atoms with E-state index >= 15 is 0 Å². The number of hydrogen-bond acceptors (Lipinski definition) is 0. The normalized spacial score (nSPS) is 27.8. The molecule has 2 aromatic carbocycles. The number of hydrogen-bond donors (Lipinski definition) is 0. The average Bonchev–Trinajstić information content (AvgIpc) is 3.15. The van der Waals surface area contributed by atoms with Crippen LogP contribution in [0.1, 0.15) is 49.1 Å². The Kier molecular flexibility index (Phi) is 8.11. The smallest absolute Gasteiger partial charge is 0.0131 e. The van der Waals surface area contributed by atoms with Crippen molar-refractivity contribution in [2.75, 3.05) is 0 Å². The summed E-state index contributed by atoms with van der Waals surface area (Å²) in [6.07, 6.45) is 50.5. The minimum atomic E-state index is 0.273. The van der Waals surface area contributed by atoms with E-state index in [4.69, 9.17) is 0 Å². The van der Waals surface area contributed by atoms with Crippen molar-refractivity contribution in [3.63, 3.8) is 0 Å². The van der Waals surface area contributed by atoms with E-state index in [0.29, 0.717) is 23.7 Å². The molecule has 6 aliphatic carbocycles. The molecule has 0 bridgehead atoms. The van der Waals surface area contributed by atoms with Crippen molar-refractivity contribution in [3.8, 4) is 11.1 Å². The van der Waals surface area contributed by atoms with Crippen LogP contribution in [0.15, 0.2) is 186 Å². The molecule has 0 saturated carbocycles. The summed E-state index contributed by atoms with van der Waals surface area (Å²) in [6.45, 7) is 0. The first-order valence-electron chi connectivity index (χ1n) is 17.3. The van der Waals surface area contributed by atoms with Crippen LogP contribution in [0.25, 0.3) is 16.7 Å². The van der Waals surface area contributed by atoms with Gasteiger partial charge in [-0.05, 0) is 82.2 Å². The zero-order valence-corrected chi connectivity index (χ0v) is 26.5. The van der Waals surface area contributed by atoms with Crippen molar-refractivity contribution in [1.29, 1.82) is 0 Å². The molecule has 0 heteroatoms. The molecule has 0 radical (unpaired) electrons. The molecule has 226 valence electrons. The molecule has 8 rings (SSSR count). The lowest BCUT2D eigenvalue weighted by molar-refractivity contribution is 0.600. The van der Waals surface area contributed by atoms with E-state index in [9.17, 15) is 0 Å². The van der Waals surface area contributed by atoms with Crippen LogP contribution in [0.3, 0.4) is 0 Å². The van der Waals surface area contributed by atoms with Gasteiger partial charge in [-0.25, -0.2) is 0 Å². The van der Waals surface area contributed by atoms with Crippen molar-refractivity contribution in [2.24, 2.45) is 23.7 Å². The molecule has 0 saturated heterocycles. The quantitative estimate of drug-likeness (QED) is 0.312. The van der Waals surface area contributed by atoms with Crippen molar-refractivity contribution in [1.82, 2.24) is 0 Å². The maximum absolute atomic E-state index is 2.51. The topological polar surface area (TPSA) is 0 Å². The van der Waals surface area contributed by atoms with Gasteiger partial charge in [-0.2, -0.15) is 0 Å². The predicted molar refractivity (Wildman–Crippen MR) is 196 cm³/mol. The van der Waals surface area contributed by atoms with Gasteiger partial charge >= 0.3 is 0 Å². The summed E-state index contributed by atoms with van der Waals surface area (Å²) < 4.78 is 0. The van der Waals surface area contributed by atoms with E-state index in [1.807, 2.05) is 0 Å². The van der Waals surface area contributed by atoms with Crippen LogP contribution in [0.2, 0.25) is 0 Å². The molecule has 5 atom stereocenters. The molecular weight excluding hydrogens is 553 g/mol. The van der Waals surface area contributed by atoms with Crippen molar-refractivity contribution < 1.29 is 0 Å². The lowest BCUT2D eigenvalue weighted by Gasteiger charge is -2.39. The number of rotatable bonds is 6. The second-order valence-electron chi connectivity index (χ2n) is 13.3. The van der Waals surface area contributed by atoms with Gasteiger partial charge in [0, 0.05) is 29.6 Å². The van der Waals surface area contributed by atoms with Gasteiger partial charge in [0.15, 0.2) is 0 Å². The molecule has 0 spiro atoms. The van der Waals surface area contributed by atoms with E-state index in [-0.39, 0.29) is 5.92 Å². The highest BCUT2D eigenvalue weighted by Gasteiger charge is 2.37. The Morgan fingerprint density at radius 2 is 1.28 bits per heavy atom. The predicted octanol–water partition coefficient (Wildman–Crippen LogP) is 11.9. The summed E-state index contributed by atoms with van der Waals surface area (Å²) in [5.74, 6) is 1.74. The fourth-order valence-corrected chi connectivity index (χ4v) is 8.43. The third-order valence-electron chi connectivity index (χ3n) is 10.6. The van der Waals surface area contributed by atoms with Crippen LogP contribution in [0, 0.1) is 23.7 Å². The van der Waals surface area contributed by atoms with Crippen LogP contribution in [-0.2, 0) is 0 Å². The van der Waals surface area contributed by atoms with Crippen LogP contribution < -0.4 is 0 Å². The zero-order valence-electron chi connectivity index (χ0n) is 26.5. The summed E-state index contributed by atoms with van der Waals surface area (Å²) in [7, 11) is 0. The molecule has 0 aromatic heterocycles. The molecule has 0 fully saturated rings. The maximum Gasteiger partial charge on any atom is 0.0131 e. The molecule has 46 heavy (non-hydrogen) atoms. The Labute approximate surface area is 275 Å². The second-order valence-corrected chi connectivity index (χ2v) is 13.3. The first kappa shape index (κ1) is 28.8. The summed E-state index contributed by atoms with van der Waals surface area (Å²) in [4.78, 5) is 0. The standard InChI is InChI=1S/C46H42/c1-5-17-33(18-6-1)37-27-15-28-38(34-19-7-2-8-20-34)45(37)43-31-32-44(42-26-14-13-25-41(42)43)46-39(35-21-9-3-10-22-35)29-16-30-40(46)36-23-11-4-12-24-36/h1-3,5-11,13-19,21,23-29,31-32,34-35,40-42H,4,12,20,22,30H2. The van der Waals surface area contributed by atoms with Crippen LogP contribution in [0.5, 0.6) is 0 Å². The molecule has 0 nitrogen and oxygen atoms in total. The van der Waals surface area contributed by atoms with Crippen molar-refractivity contribution in [3.05, 3.63) is 197 Å². The van der Waals surface area contributed by atoms with Gasteiger partial charge in [0.05, 0.1) is 0 Å². The Morgan fingerprint density at radius 3 is 2.02 bits per heavy atom. The van der Waals surface area contributed by atoms with E-state index in [2.05, 4.69) is 164 Å². The first-order chi connectivity index (χ1) is 22.9. The minimum absolute atomic E-state index is 0.273. The summed E-state index contributed by atoms with van der Waals surface area (Å²) in [5.41, 5.74) is 13.0. The lowest BCUT2D eigenvalue weighted by atomic mass is 9.64. The first-order valence-corrected chi connectivity index (χ1v) is 17.3. The molecule has 0 amide bonds. The second kappa shape index (κ2) is 13.0. The molecule has 0 aliphatic heterocycles. The van der Waals surface area contributed by atoms with E-state index in [1.54, 1.807) is 5.57 Å². The number of benzene rings is 2. The number of fused-ring (bicyclic) bond motifs is 1. The molecule has 6 aliphatic rings. The average molecular weight is 595 g/mol. The Bertz CT molecular complexity index is 1870. The third kappa shape index (κ3) is 5.41. The van der Waals surface area contributed by atoms with Gasteiger partial charge < -0.3 is 0 Å². The Morgan fingerprint density at radius 1 is 0.543 bits per heavy atom. The molecule has 5 unspecified atom stereocenters. The monoisotopic (exact) mass is 594 g/mol. The zero-order chi connectivity index (χ0) is 30.7. The summed E-state index contributed by atoms with van der Waals surface area (Å²) in [6, 6.07) is 18.0. The van der Waals surface area contributed by atoms with Gasteiger partial charge in [0.2, 0.25) is 0 Å². The van der Waals surface area contributed by atoms with Gasteiger partial charge in [-0.1, -0.05) is 164 Å². The molecular formula is C46H42. The van der Waals surface area contributed by atoms with E-state index < -0.39 is 0 Å². The van der Waals surface area contributed by atoms with Crippen LogP contribution in [-0.4, -0.2) is 0 Å². The lowest BCUT2D eigenvalue weighted by Crippen LogP contribution is -2.26. The van der Waals surface area contributed by atoms with Gasteiger partial charge in [0.25, 0.3) is 0 Å². The Hall–Kier alpha value is -4.68. The van der Waals surface area contributed by atoms with Gasteiger partial charge in [0.1, 0.15) is 0 Å². The molecule has 0 N–H and O–H groups in total. The van der Waals surface area contributed by atoms with E-state index in [0.717, 1.165) is 32.1 Å². The summed E-state index contributed by atoms with van der Waals surface area (Å²) >= 11 is 0. The highest BCUT2D eigenvalue weighted by Crippen LogP contribution is 2.51.